The second-order valence-electron chi connectivity index (χ2n) is 9.92. The van der Waals surface area contributed by atoms with Crippen LogP contribution in [0.5, 0.6) is 5.75 Å². The maximum Gasteiger partial charge on any atom is 0.294 e. The smallest absolute Gasteiger partial charge is 0.294 e. The van der Waals surface area contributed by atoms with Crippen LogP contribution in [0.15, 0.2) is 42.6 Å². The number of para-hydroxylation sites is 1. The molecule has 0 fully saturated rings. The average molecular weight is 532 g/mol. The Labute approximate surface area is 227 Å². The molecule has 1 aliphatic rings. The van der Waals surface area contributed by atoms with Gasteiger partial charge >= 0.3 is 0 Å². The van der Waals surface area contributed by atoms with Gasteiger partial charge in [0, 0.05) is 61.5 Å². The zero-order valence-corrected chi connectivity index (χ0v) is 22.9. The Hall–Kier alpha value is -4.22. The molecule has 11 nitrogen and oxygen atoms in total. The van der Waals surface area contributed by atoms with E-state index < -0.39 is 0 Å². The summed E-state index contributed by atoms with van der Waals surface area (Å²) in [6, 6.07) is 11.4. The van der Waals surface area contributed by atoms with Gasteiger partial charge in [-0.05, 0) is 32.6 Å². The number of benzene rings is 2. The second-order valence-corrected chi connectivity index (χ2v) is 9.92. The quantitative estimate of drug-likeness (QED) is 0.245. The molecule has 0 atom stereocenters. The first kappa shape index (κ1) is 26.4. The first-order valence-electron chi connectivity index (χ1n) is 12.8. The summed E-state index contributed by atoms with van der Waals surface area (Å²) >= 11 is 0. The molecule has 11 heteroatoms. The van der Waals surface area contributed by atoms with Crippen molar-refractivity contribution in [2.24, 2.45) is 0 Å². The number of nitro groups is 1. The minimum absolute atomic E-state index is 0.0310. The van der Waals surface area contributed by atoms with Gasteiger partial charge in [-0.15, -0.1) is 0 Å². The van der Waals surface area contributed by atoms with Crippen LogP contribution in [0.1, 0.15) is 11.3 Å². The third kappa shape index (κ3) is 5.10. The number of aryl methyl sites for hydroxylation is 1. The van der Waals surface area contributed by atoms with Crippen molar-refractivity contribution in [3.8, 4) is 17.0 Å². The lowest BCUT2D eigenvalue weighted by molar-refractivity contribution is -0.384. The number of nitrogens with one attached hydrogen (secondary N) is 1. The molecule has 1 N–H and O–H groups in total. The van der Waals surface area contributed by atoms with Crippen LogP contribution in [0.4, 0.5) is 23.0 Å². The Balaban J connectivity index is 1.56. The van der Waals surface area contributed by atoms with E-state index in [2.05, 4.69) is 27.0 Å². The van der Waals surface area contributed by atoms with Crippen molar-refractivity contribution in [2.45, 2.75) is 20.1 Å². The van der Waals surface area contributed by atoms with Crippen molar-refractivity contribution in [3.63, 3.8) is 0 Å². The van der Waals surface area contributed by atoms with Crippen molar-refractivity contribution < 1.29 is 14.4 Å². The Morgan fingerprint density at radius 1 is 1.21 bits per heavy atom. The zero-order valence-electron chi connectivity index (χ0n) is 22.9. The molecule has 1 aliphatic heterocycles. The number of ether oxygens (including phenoxy) is 2. The lowest BCUT2D eigenvalue weighted by Gasteiger charge is -2.23. The molecule has 3 heterocycles. The molecule has 0 aliphatic carbocycles. The monoisotopic (exact) mass is 531 g/mol. The third-order valence-electron chi connectivity index (χ3n) is 7.02. The fraction of sp³-hybridized carbons (Fsp3) is 0.357. The maximum atomic E-state index is 12.0. The maximum absolute atomic E-state index is 12.0. The summed E-state index contributed by atoms with van der Waals surface area (Å²) in [7, 11) is 7.30. The molecule has 0 amide bonds. The van der Waals surface area contributed by atoms with E-state index in [4.69, 9.17) is 14.5 Å². The highest BCUT2D eigenvalue weighted by Gasteiger charge is 2.25. The highest BCUT2D eigenvalue weighted by atomic mass is 16.6. The number of methoxy groups -OCH3 is 1. The molecule has 0 spiro atoms. The summed E-state index contributed by atoms with van der Waals surface area (Å²) in [4.78, 5) is 24.9. The Morgan fingerprint density at radius 2 is 2.00 bits per heavy atom. The summed E-state index contributed by atoms with van der Waals surface area (Å²) in [5, 5.41) is 16.3. The Bertz CT molecular complexity index is 1530. The first-order valence-corrected chi connectivity index (χ1v) is 12.8. The van der Waals surface area contributed by atoms with Crippen molar-refractivity contribution in [1.29, 1.82) is 0 Å². The number of hydrogen-bond donors (Lipinski definition) is 1. The number of nitrogens with zero attached hydrogens (tertiary/aromatic N) is 6. The molecule has 0 bridgehead atoms. The molecule has 2 aromatic carbocycles. The zero-order chi connectivity index (χ0) is 27.7. The fourth-order valence-corrected chi connectivity index (χ4v) is 4.97. The number of likely N-dealkylation sites (N-methyl/N-ethyl adjacent to an activating group) is 2. The molecule has 0 saturated heterocycles. The molecular formula is C28H33N7O4. The molecule has 0 saturated carbocycles. The number of nitro benzene ring substituents is 1. The van der Waals surface area contributed by atoms with Crippen LogP contribution in [0.2, 0.25) is 0 Å². The van der Waals surface area contributed by atoms with Crippen LogP contribution in [-0.2, 0) is 17.9 Å². The van der Waals surface area contributed by atoms with E-state index in [1.165, 1.54) is 13.2 Å². The van der Waals surface area contributed by atoms with E-state index >= 15 is 0 Å². The third-order valence-corrected chi connectivity index (χ3v) is 7.02. The Kier molecular flexibility index (Phi) is 7.36. The highest BCUT2D eigenvalue weighted by Crippen LogP contribution is 2.40. The van der Waals surface area contributed by atoms with E-state index in [0.29, 0.717) is 42.8 Å². The average Bonchev–Trinajstić information content (AvgIpc) is 3.26. The van der Waals surface area contributed by atoms with Gasteiger partial charge in [0.1, 0.15) is 11.4 Å². The number of aromatic nitrogens is 3. The second kappa shape index (κ2) is 10.9. The summed E-state index contributed by atoms with van der Waals surface area (Å²) in [5.74, 6) is 0.774. The minimum atomic E-state index is -0.382. The highest BCUT2D eigenvalue weighted by molar-refractivity contribution is 5.98. The normalized spacial score (nSPS) is 13.0. The van der Waals surface area contributed by atoms with E-state index in [9.17, 15) is 10.1 Å². The van der Waals surface area contributed by atoms with Crippen LogP contribution in [0, 0.1) is 17.0 Å². The first-order chi connectivity index (χ1) is 18.8. The van der Waals surface area contributed by atoms with Crippen LogP contribution >= 0.6 is 0 Å². The van der Waals surface area contributed by atoms with Gasteiger partial charge in [0.2, 0.25) is 5.95 Å². The summed E-state index contributed by atoms with van der Waals surface area (Å²) < 4.78 is 13.7. The predicted molar refractivity (Wildman–Crippen MR) is 152 cm³/mol. The summed E-state index contributed by atoms with van der Waals surface area (Å²) in [5.41, 5.74) is 5.80. The van der Waals surface area contributed by atoms with Crippen LogP contribution < -0.4 is 15.0 Å². The number of hydrogen-bond acceptors (Lipinski definition) is 9. The Morgan fingerprint density at radius 3 is 2.74 bits per heavy atom. The molecule has 0 unspecified atom stereocenters. The summed E-state index contributed by atoms with van der Waals surface area (Å²) in [6.45, 7) is 5.29. The van der Waals surface area contributed by atoms with Crippen LogP contribution in [0.25, 0.3) is 22.2 Å². The van der Waals surface area contributed by atoms with Crippen molar-refractivity contribution in [3.05, 3.63) is 64.0 Å². The molecule has 2 aromatic heterocycles. The number of anilines is 3. The molecule has 4 aromatic rings. The predicted octanol–water partition coefficient (Wildman–Crippen LogP) is 4.60. The molecule has 204 valence electrons. The standard InChI is InChI=1S/C28H33N7O4/c1-18-16-29-28(31-27(18)26-19-8-6-7-9-21(19)34-12-13-39-17-24(26)34)30-20-14-23(35(36)37)22(15-25(20)38-5)33(4)11-10-32(2)3/h6-9,14-16H,10-13,17H2,1-5H3,(H,29,30,31). The topological polar surface area (TPSA) is 111 Å². The lowest BCUT2D eigenvalue weighted by Crippen LogP contribution is -2.28. The van der Waals surface area contributed by atoms with Gasteiger partial charge < -0.3 is 29.2 Å². The molecule has 39 heavy (non-hydrogen) atoms. The van der Waals surface area contributed by atoms with Crippen molar-refractivity contribution in [1.82, 2.24) is 19.4 Å². The molecular weight excluding hydrogens is 498 g/mol. The van der Waals surface area contributed by atoms with Crippen molar-refractivity contribution in [2.75, 3.05) is 58.2 Å². The van der Waals surface area contributed by atoms with E-state index in [1.54, 1.807) is 12.3 Å². The van der Waals surface area contributed by atoms with E-state index in [-0.39, 0.29) is 10.6 Å². The summed E-state index contributed by atoms with van der Waals surface area (Å²) in [6.07, 6.45) is 1.76. The largest absolute Gasteiger partial charge is 0.494 e. The number of rotatable bonds is 9. The van der Waals surface area contributed by atoms with Crippen LogP contribution in [0.3, 0.4) is 0 Å². The number of fused-ring (bicyclic) bond motifs is 3. The minimum Gasteiger partial charge on any atom is -0.494 e. The van der Waals surface area contributed by atoms with Gasteiger partial charge in [-0.25, -0.2) is 9.97 Å². The SMILES string of the molecule is COc1cc(N(C)CCN(C)C)c([N+](=O)[O-])cc1Nc1ncc(C)c(-c2c3n(c4ccccc24)CCOC3)n1. The van der Waals surface area contributed by atoms with Gasteiger partial charge in [-0.1, -0.05) is 18.2 Å². The fourth-order valence-electron chi connectivity index (χ4n) is 4.97. The van der Waals surface area contributed by atoms with Gasteiger partial charge in [0.05, 0.1) is 42.3 Å². The van der Waals surface area contributed by atoms with E-state index in [0.717, 1.165) is 46.5 Å². The lowest BCUT2D eigenvalue weighted by atomic mass is 10.0. The van der Waals surface area contributed by atoms with Gasteiger partial charge in [-0.3, -0.25) is 10.1 Å². The van der Waals surface area contributed by atoms with Crippen LogP contribution in [-0.4, -0.2) is 72.3 Å². The van der Waals surface area contributed by atoms with Gasteiger partial charge in [-0.2, -0.15) is 0 Å². The van der Waals surface area contributed by atoms with E-state index in [1.807, 2.05) is 50.0 Å². The molecule has 0 radical (unpaired) electrons. The van der Waals surface area contributed by atoms with Gasteiger partial charge in [0.15, 0.2) is 0 Å². The molecule has 5 rings (SSSR count). The van der Waals surface area contributed by atoms with Crippen molar-refractivity contribution >= 4 is 33.9 Å². The van der Waals surface area contributed by atoms with Gasteiger partial charge in [0.25, 0.3) is 5.69 Å².